The van der Waals surface area contributed by atoms with Crippen LogP contribution in [0.25, 0.3) is 0 Å². The number of nitrogens with zero attached hydrogens (tertiary/aromatic N) is 1. The lowest BCUT2D eigenvalue weighted by Gasteiger charge is -2.38. The highest BCUT2D eigenvalue weighted by atomic mass is 19.1. The highest BCUT2D eigenvalue weighted by molar-refractivity contribution is 6.12. The lowest BCUT2D eigenvalue weighted by Crippen LogP contribution is -2.49. The molecule has 0 fully saturated rings. The Bertz CT molecular complexity index is 657. The number of hydrogen-bond acceptors (Lipinski definition) is 2. The molecule has 0 aliphatic carbocycles. The van der Waals surface area contributed by atoms with Gasteiger partial charge in [0.2, 0.25) is 0 Å². The second-order valence-electron chi connectivity index (χ2n) is 5.12. The average Bonchev–Trinajstić information content (AvgIpc) is 2.48. The summed E-state index contributed by atoms with van der Waals surface area (Å²) in [5.74, 6) is -0.771. The Morgan fingerprint density at radius 2 is 1.90 bits per heavy atom. The van der Waals surface area contributed by atoms with Gasteiger partial charge in [0, 0.05) is 5.69 Å². The summed E-state index contributed by atoms with van der Waals surface area (Å²) in [4.78, 5) is 14.4. The van der Waals surface area contributed by atoms with Crippen LogP contribution >= 0.6 is 0 Å². The Labute approximate surface area is 123 Å². The molecule has 1 aliphatic rings. The molecule has 2 aromatic carbocycles. The molecule has 0 aromatic heterocycles. The highest BCUT2D eigenvalue weighted by Gasteiger charge is 2.34. The van der Waals surface area contributed by atoms with Crippen molar-refractivity contribution in [1.82, 2.24) is 0 Å². The van der Waals surface area contributed by atoms with E-state index in [4.69, 9.17) is 0 Å². The van der Waals surface area contributed by atoms with Crippen molar-refractivity contribution in [2.45, 2.75) is 25.9 Å². The number of anilines is 2. The van der Waals surface area contributed by atoms with Crippen LogP contribution in [0.3, 0.4) is 0 Å². The van der Waals surface area contributed by atoms with Gasteiger partial charge in [-0.2, -0.15) is 0 Å². The van der Waals surface area contributed by atoms with E-state index in [0.717, 1.165) is 18.5 Å². The van der Waals surface area contributed by atoms with Crippen LogP contribution in [-0.4, -0.2) is 12.1 Å². The zero-order valence-electron chi connectivity index (χ0n) is 11.8. The summed E-state index contributed by atoms with van der Waals surface area (Å²) >= 11 is 0. The van der Waals surface area contributed by atoms with Crippen molar-refractivity contribution >= 4 is 17.3 Å². The van der Waals surface area contributed by atoms with Gasteiger partial charge in [0.25, 0.3) is 5.91 Å². The molecule has 1 aliphatic heterocycles. The van der Waals surface area contributed by atoms with E-state index in [2.05, 4.69) is 12.2 Å². The van der Waals surface area contributed by atoms with E-state index < -0.39 is 5.82 Å². The molecule has 3 rings (SSSR count). The quantitative estimate of drug-likeness (QED) is 0.923. The predicted molar refractivity (Wildman–Crippen MR) is 82.0 cm³/mol. The number of halogens is 1. The summed E-state index contributed by atoms with van der Waals surface area (Å²) in [6.45, 7) is 2.07. The second kappa shape index (κ2) is 5.56. The first-order chi connectivity index (χ1) is 10.2. The maximum Gasteiger partial charge on any atom is 0.265 e. The van der Waals surface area contributed by atoms with E-state index in [1.807, 2.05) is 30.3 Å². The lowest BCUT2D eigenvalue weighted by molar-refractivity contribution is 0.0970. The highest BCUT2D eigenvalue weighted by Crippen LogP contribution is 2.32. The fraction of sp³-hybridized carbons (Fsp3) is 0.235. The number of para-hydroxylation sites is 1. The lowest BCUT2D eigenvalue weighted by atomic mass is 10.0. The van der Waals surface area contributed by atoms with Gasteiger partial charge in [0.1, 0.15) is 12.0 Å². The number of amides is 1. The first kappa shape index (κ1) is 13.6. The summed E-state index contributed by atoms with van der Waals surface area (Å²) in [7, 11) is 0. The van der Waals surface area contributed by atoms with Gasteiger partial charge in [-0.15, -0.1) is 0 Å². The van der Waals surface area contributed by atoms with Crippen molar-refractivity contribution < 1.29 is 9.18 Å². The van der Waals surface area contributed by atoms with Crippen molar-refractivity contribution in [3.63, 3.8) is 0 Å². The Hall–Kier alpha value is -2.36. The molecule has 0 saturated carbocycles. The Balaban J connectivity index is 2.09. The zero-order chi connectivity index (χ0) is 14.8. The van der Waals surface area contributed by atoms with Crippen LogP contribution in [0.5, 0.6) is 0 Å². The zero-order valence-corrected chi connectivity index (χ0v) is 11.8. The third-order valence-corrected chi connectivity index (χ3v) is 3.68. The fourth-order valence-electron chi connectivity index (χ4n) is 2.73. The molecule has 1 N–H and O–H groups in total. The topological polar surface area (TPSA) is 32.3 Å². The minimum atomic E-state index is -0.485. The first-order valence-corrected chi connectivity index (χ1v) is 7.16. The number of carbonyl (C=O) groups is 1. The molecule has 1 heterocycles. The summed E-state index contributed by atoms with van der Waals surface area (Å²) < 4.78 is 14.0. The SMILES string of the molecule is CCCC1Nc2cccc(F)c2C(=O)N1c1ccccc1. The minimum Gasteiger partial charge on any atom is -0.364 e. The van der Waals surface area contributed by atoms with E-state index in [1.54, 1.807) is 17.0 Å². The van der Waals surface area contributed by atoms with Crippen LogP contribution in [0, 0.1) is 5.82 Å². The van der Waals surface area contributed by atoms with E-state index in [9.17, 15) is 9.18 Å². The Morgan fingerprint density at radius 1 is 1.14 bits per heavy atom. The van der Waals surface area contributed by atoms with Gasteiger partial charge >= 0.3 is 0 Å². The molecule has 4 heteroatoms. The van der Waals surface area contributed by atoms with Gasteiger partial charge in [-0.05, 0) is 30.7 Å². The van der Waals surface area contributed by atoms with Crippen molar-refractivity contribution in [3.05, 3.63) is 59.9 Å². The Morgan fingerprint density at radius 3 is 2.62 bits per heavy atom. The van der Waals surface area contributed by atoms with Crippen molar-refractivity contribution in [1.29, 1.82) is 0 Å². The van der Waals surface area contributed by atoms with Gasteiger partial charge in [0.15, 0.2) is 0 Å². The molecule has 21 heavy (non-hydrogen) atoms. The predicted octanol–water partition coefficient (Wildman–Crippen LogP) is 4.02. The van der Waals surface area contributed by atoms with Crippen LogP contribution in [0.1, 0.15) is 30.1 Å². The molecular weight excluding hydrogens is 267 g/mol. The number of benzene rings is 2. The molecule has 0 radical (unpaired) electrons. The number of rotatable bonds is 3. The molecule has 1 amide bonds. The van der Waals surface area contributed by atoms with E-state index in [1.165, 1.54) is 6.07 Å². The second-order valence-corrected chi connectivity index (χ2v) is 5.12. The first-order valence-electron chi connectivity index (χ1n) is 7.16. The van der Waals surface area contributed by atoms with Gasteiger partial charge in [-0.25, -0.2) is 4.39 Å². The third kappa shape index (κ3) is 2.37. The van der Waals surface area contributed by atoms with E-state index in [0.29, 0.717) is 5.69 Å². The van der Waals surface area contributed by atoms with Crippen LogP contribution in [0.15, 0.2) is 48.5 Å². The number of fused-ring (bicyclic) bond motifs is 1. The molecule has 108 valence electrons. The van der Waals surface area contributed by atoms with Gasteiger partial charge < -0.3 is 5.32 Å². The fourth-order valence-corrected chi connectivity index (χ4v) is 2.73. The van der Waals surface area contributed by atoms with E-state index in [-0.39, 0.29) is 17.6 Å². The van der Waals surface area contributed by atoms with Crippen molar-refractivity contribution in [2.75, 3.05) is 10.2 Å². The molecule has 0 saturated heterocycles. The summed E-state index contributed by atoms with van der Waals surface area (Å²) in [6.07, 6.45) is 1.58. The van der Waals surface area contributed by atoms with Crippen LogP contribution < -0.4 is 10.2 Å². The number of carbonyl (C=O) groups excluding carboxylic acids is 1. The maximum atomic E-state index is 14.0. The largest absolute Gasteiger partial charge is 0.364 e. The smallest absolute Gasteiger partial charge is 0.265 e. The third-order valence-electron chi connectivity index (χ3n) is 3.68. The summed E-state index contributed by atoms with van der Waals surface area (Å²) in [6, 6.07) is 14.1. The Kier molecular flexibility index (Phi) is 3.60. The number of nitrogens with one attached hydrogen (secondary N) is 1. The van der Waals surface area contributed by atoms with Crippen LogP contribution in [0.4, 0.5) is 15.8 Å². The number of hydrogen-bond donors (Lipinski definition) is 1. The molecule has 1 atom stereocenters. The average molecular weight is 284 g/mol. The molecule has 2 aromatic rings. The monoisotopic (exact) mass is 284 g/mol. The van der Waals surface area contributed by atoms with Crippen molar-refractivity contribution in [2.24, 2.45) is 0 Å². The standard InChI is InChI=1S/C17H17FN2O/c1-2-7-15-19-14-11-6-10-13(18)16(14)17(21)20(15)12-8-4-3-5-9-12/h3-6,8-11,15,19H,2,7H2,1H3. The van der Waals surface area contributed by atoms with Gasteiger partial charge in [-0.3, -0.25) is 9.69 Å². The van der Waals surface area contributed by atoms with Gasteiger partial charge in [0.05, 0.1) is 11.3 Å². The van der Waals surface area contributed by atoms with Gasteiger partial charge in [-0.1, -0.05) is 37.6 Å². The normalized spacial score (nSPS) is 17.3. The van der Waals surface area contributed by atoms with Crippen LogP contribution in [0.2, 0.25) is 0 Å². The molecule has 3 nitrogen and oxygen atoms in total. The van der Waals surface area contributed by atoms with E-state index >= 15 is 0 Å². The van der Waals surface area contributed by atoms with Crippen molar-refractivity contribution in [3.8, 4) is 0 Å². The molecular formula is C17H17FN2O. The maximum absolute atomic E-state index is 14.0. The minimum absolute atomic E-state index is 0.119. The summed E-state index contributed by atoms with van der Waals surface area (Å²) in [5.41, 5.74) is 1.47. The molecule has 0 spiro atoms. The summed E-state index contributed by atoms with van der Waals surface area (Å²) in [5, 5.41) is 3.28. The van der Waals surface area contributed by atoms with Crippen LogP contribution in [-0.2, 0) is 0 Å². The molecule has 1 unspecified atom stereocenters. The molecule has 0 bridgehead atoms.